The van der Waals surface area contributed by atoms with Crippen molar-refractivity contribution in [3.05, 3.63) is 49.9 Å². The van der Waals surface area contributed by atoms with E-state index in [2.05, 4.69) is 36.8 Å². The number of likely N-dealkylation sites (tertiary alicyclic amines) is 1. The molecule has 0 radical (unpaired) electrons. The fourth-order valence-electron chi connectivity index (χ4n) is 5.64. The molecule has 210 valence electrons. The maximum Gasteiger partial charge on any atom is 0.313 e. The number of piperidine rings is 1. The van der Waals surface area contributed by atoms with Crippen LogP contribution in [0.25, 0.3) is 11.6 Å². The Morgan fingerprint density at radius 2 is 1.85 bits per heavy atom. The molecule has 1 aromatic carbocycles. The highest BCUT2D eigenvalue weighted by atomic mass is 35.5. The highest BCUT2D eigenvalue weighted by molar-refractivity contribution is 6.32. The first-order chi connectivity index (χ1) is 18.7. The van der Waals surface area contributed by atoms with Crippen molar-refractivity contribution in [3.8, 4) is 11.6 Å². The number of anilines is 2. The Balaban J connectivity index is 1.25. The van der Waals surface area contributed by atoms with E-state index in [0.29, 0.717) is 37.1 Å². The number of hydrogen-bond acceptors (Lipinski definition) is 9. The van der Waals surface area contributed by atoms with Gasteiger partial charge < -0.3 is 15.1 Å². The molecule has 0 saturated carbocycles. The second-order valence-electron chi connectivity index (χ2n) is 10.00. The third-order valence-electron chi connectivity index (χ3n) is 7.67. The molecule has 0 bridgehead atoms. The van der Waals surface area contributed by atoms with Gasteiger partial charge in [-0.2, -0.15) is 0 Å². The Morgan fingerprint density at radius 3 is 2.51 bits per heavy atom. The number of rotatable bonds is 6. The molecule has 14 heteroatoms. The molecular weight excluding hydrogens is 553 g/mol. The lowest BCUT2D eigenvalue weighted by atomic mass is 9.97. The SMILES string of the molecule is CC[C@H]1CN(c2c(Cl)nc(-c3nnc(N)o3)c(=O)n2C)CCN1C1CCN(Cc2cc(F)c(Cl)cc2F)CC1. The number of nitrogen functional groups attached to an aromatic ring is 1. The summed E-state index contributed by atoms with van der Waals surface area (Å²) in [6, 6.07) is 2.69. The van der Waals surface area contributed by atoms with E-state index < -0.39 is 17.2 Å². The summed E-state index contributed by atoms with van der Waals surface area (Å²) >= 11 is 12.3. The largest absolute Gasteiger partial charge is 0.402 e. The molecule has 0 amide bonds. The van der Waals surface area contributed by atoms with Crippen LogP contribution in [0.5, 0.6) is 0 Å². The molecule has 0 spiro atoms. The molecule has 39 heavy (non-hydrogen) atoms. The van der Waals surface area contributed by atoms with Crippen LogP contribution in [-0.4, -0.2) is 74.4 Å². The van der Waals surface area contributed by atoms with Crippen molar-refractivity contribution in [1.29, 1.82) is 0 Å². The molecule has 0 aliphatic carbocycles. The molecule has 5 rings (SSSR count). The van der Waals surface area contributed by atoms with Gasteiger partial charge in [-0.05, 0) is 44.5 Å². The molecule has 4 heterocycles. The Labute approximate surface area is 234 Å². The summed E-state index contributed by atoms with van der Waals surface area (Å²) < 4.78 is 34.8. The van der Waals surface area contributed by atoms with Crippen molar-refractivity contribution >= 4 is 35.0 Å². The van der Waals surface area contributed by atoms with E-state index in [-0.39, 0.29) is 33.8 Å². The minimum absolute atomic E-state index is 0.0471. The van der Waals surface area contributed by atoms with E-state index in [9.17, 15) is 13.6 Å². The molecule has 3 aromatic rings. The first-order valence-electron chi connectivity index (χ1n) is 12.9. The van der Waals surface area contributed by atoms with Crippen molar-refractivity contribution in [3.63, 3.8) is 0 Å². The number of nitrogens with two attached hydrogens (primary N) is 1. The van der Waals surface area contributed by atoms with Crippen LogP contribution in [0, 0.1) is 11.6 Å². The molecule has 2 saturated heterocycles. The van der Waals surface area contributed by atoms with Gasteiger partial charge >= 0.3 is 6.01 Å². The van der Waals surface area contributed by atoms with Gasteiger partial charge in [0, 0.05) is 50.9 Å². The number of piperazine rings is 1. The number of hydrogen-bond donors (Lipinski definition) is 1. The van der Waals surface area contributed by atoms with Crippen molar-refractivity contribution in [1.82, 2.24) is 29.5 Å². The van der Waals surface area contributed by atoms with Crippen LogP contribution in [0.1, 0.15) is 31.7 Å². The Hall–Kier alpha value is -2.80. The second-order valence-corrected chi connectivity index (χ2v) is 10.8. The second kappa shape index (κ2) is 11.4. The zero-order valence-electron chi connectivity index (χ0n) is 21.7. The molecule has 2 aliphatic heterocycles. The predicted octanol–water partition coefficient (Wildman–Crippen LogP) is 3.56. The summed E-state index contributed by atoms with van der Waals surface area (Å²) in [7, 11) is 1.65. The monoisotopic (exact) mass is 582 g/mol. The third kappa shape index (κ3) is 5.60. The van der Waals surface area contributed by atoms with E-state index in [1.165, 1.54) is 10.6 Å². The summed E-state index contributed by atoms with van der Waals surface area (Å²) in [5, 5.41) is 7.32. The van der Waals surface area contributed by atoms with Crippen LogP contribution < -0.4 is 16.2 Å². The van der Waals surface area contributed by atoms with E-state index in [1.54, 1.807) is 7.05 Å². The summed E-state index contributed by atoms with van der Waals surface area (Å²) in [5.74, 6) is -0.619. The van der Waals surface area contributed by atoms with Gasteiger partial charge in [0.05, 0.1) is 5.02 Å². The van der Waals surface area contributed by atoms with E-state index in [0.717, 1.165) is 45.0 Å². The molecule has 10 nitrogen and oxygen atoms in total. The number of aromatic nitrogens is 4. The van der Waals surface area contributed by atoms with E-state index in [4.69, 9.17) is 33.4 Å². The molecule has 0 unspecified atom stereocenters. The van der Waals surface area contributed by atoms with Gasteiger partial charge in [-0.15, -0.1) is 5.10 Å². The fourth-order valence-corrected chi connectivity index (χ4v) is 6.12. The van der Waals surface area contributed by atoms with Crippen LogP contribution in [0.3, 0.4) is 0 Å². The molecule has 2 aromatic heterocycles. The fraction of sp³-hybridized carbons (Fsp3) is 0.520. The third-order valence-corrected chi connectivity index (χ3v) is 8.21. The smallest absolute Gasteiger partial charge is 0.313 e. The highest BCUT2D eigenvalue weighted by Gasteiger charge is 2.35. The van der Waals surface area contributed by atoms with E-state index in [1.807, 2.05) is 0 Å². The average molecular weight is 583 g/mol. The van der Waals surface area contributed by atoms with Gasteiger partial charge in [-0.3, -0.25) is 19.2 Å². The molecule has 2 N–H and O–H groups in total. The van der Waals surface area contributed by atoms with Gasteiger partial charge in [0.1, 0.15) is 17.5 Å². The van der Waals surface area contributed by atoms with E-state index >= 15 is 0 Å². The Kier molecular flexibility index (Phi) is 8.08. The van der Waals surface area contributed by atoms with Crippen molar-refractivity contribution in [2.45, 2.75) is 44.8 Å². The quantitative estimate of drug-likeness (QED) is 0.436. The van der Waals surface area contributed by atoms with Crippen molar-refractivity contribution < 1.29 is 13.2 Å². The van der Waals surface area contributed by atoms with Crippen molar-refractivity contribution in [2.24, 2.45) is 7.05 Å². The molecule has 2 aliphatic rings. The predicted molar refractivity (Wildman–Crippen MR) is 145 cm³/mol. The first kappa shape index (κ1) is 27.8. The summed E-state index contributed by atoms with van der Waals surface area (Å²) in [6.45, 7) is 6.24. The molecular formula is C25H30Cl2F2N8O2. The van der Waals surface area contributed by atoms with Gasteiger partial charge in [-0.25, -0.2) is 13.8 Å². The number of halogens is 4. The molecule has 2 fully saturated rings. The summed E-state index contributed by atoms with van der Waals surface area (Å²) in [6.07, 6.45) is 2.78. The minimum Gasteiger partial charge on any atom is -0.402 e. The van der Waals surface area contributed by atoms with Crippen molar-refractivity contribution in [2.75, 3.05) is 43.4 Å². The maximum atomic E-state index is 14.3. The Bertz CT molecular complexity index is 1410. The van der Waals surface area contributed by atoms with Crippen LogP contribution in [0.2, 0.25) is 10.2 Å². The Morgan fingerprint density at radius 1 is 1.10 bits per heavy atom. The lowest BCUT2D eigenvalue weighted by molar-refractivity contribution is 0.0606. The number of benzene rings is 1. The normalized spacial score (nSPS) is 19.6. The van der Waals surface area contributed by atoms with Crippen LogP contribution in [-0.2, 0) is 13.6 Å². The van der Waals surface area contributed by atoms with Gasteiger partial charge in [0.15, 0.2) is 10.8 Å². The lowest BCUT2D eigenvalue weighted by Gasteiger charge is -2.48. The lowest BCUT2D eigenvalue weighted by Crippen LogP contribution is -2.59. The highest BCUT2D eigenvalue weighted by Crippen LogP contribution is 2.30. The van der Waals surface area contributed by atoms with Crippen LogP contribution in [0.15, 0.2) is 21.3 Å². The molecule has 1 atom stereocenters. The van der Waals surface area contributed by atoms with Crippen LogP contribution >= 0.6 is 23.2 Å². The number of nitrogens with zero attached hydrogens (tertiary/aromatic N) is 7. The topological polar surface area (TPSA) is 110 Å². The first-order valence-corrected chi connectivity index (χ1v) is 13.6. The standard InChI is InChI=1S/C25H30Cl2F2N8O2/c1-3-15-13-36(23-21(27)31-20(24(38)34(23)2)22-32-33-25(30)39-22)8-9-37(15)16-4-6-35(7-5-16)12-14-10-19(29)17(26)11-18(14)28/h10-11,15-16H,3-9,12-13H2,1-2H3,(H2,30,33)/t15-/m0/s1. The van der Waals surface area contributed by atoms with Gasteiger partial charge in [-0.1, -0.05) is 35.2 Å². The van der Waals surface area contributed by atoms with Gasteiger partial charge in [0.25, 0.3) is 11.4 Å². The zero-order chi connectivity index (χ0) is 27.8. The maximum absolute atomic E-state index is 14.3. The van der Waals surface area contributed by atoms with Gasteiger partial charge in [0.2, 0.25) is 0 Å². The summed E-state index contributed by atoms with van der Waals surface area (Å²) in [5.41, 5.74) is 5.36. The zero-order valence-corrected chi connectivity index (χ0v) is 23.2. The summed E-state index contributed by atoms with van der Waals surface area (Å²) in [4.78, 5) is 24.1. The average Bonchev–Trinajstić information content (AvgIpc) is 3.35. The van der Waals surface area contributed by atoms with Crippen LogP contribution in [0.4, 0.5) is 20.6 Å². The minimum atomic E-state index is -0.603.